The molecule has 0 aliphatic heterocycles. The Morgan fingerprint density at radius 3 is 2.20 bits per heavy atom. The molecule has 2 N–H and O–H groups in total. The summed E-state index contributed by atoms with van der Waals surface area (Å²) in [5, 5.41) is 2.42. The Kier molecular flexibility index (Phi) is 1.68. The first-order chi connectivity index (χ1) is 2.27. The molecule has 0 aromatic rings. The highest BCUT2D eigenvalue weighted by Gasteiger charge is 1.79. The lowest BCUT2D eigenvalue weighted by Crippen LogP contribution is -2.08. The average Bonchev–Trinajstić information content (AvgIpc) is 1.38. The van der Waals surface area contributed by atoms with Gasteiger partial charge in [0.2, 0.25) is 0 Å². The highest BCUT2D eigenvalue weighted by molar-refractivity contribution is 4.40. The van der Waals surface area contributed by atoms with E-state index in [0.717, 1.165) is 0 Å². The quantitative estimate of drug-likeness (QED) is 0.447. The fourth-order valence-corrected chi connectivity index (χ4v) is 0. The third-order valence-corrected chi connectivity index (χ3v) is 0.166. The number of nitrogens with two attached hydrogens (primary N) is 1. The van der Waals surface area contributed by atoms with Crippen LogP contribution in [0.25, 0.3) is 0 Å². The van der Waals surface area contributed by atoms with Crippen LogP contribution in [-0.4, -0.2) is 6.17 Å². The molecule has 0 rings (SSSR count). The summed E-state index contributed by atoms with van der Waals surface area (Å²) < 4.78 is 0. The van der Waals surface area contributed by atoms with E-state index in [1.54, 1.807) is 0 Å². The van der Waals surface area contributed by atoms with E-state index in [1.807, 2.05) is 0 Å². The summed E-state index contributed by atoms with van der Waals surface area (Å²) in [6.07, 6.45) is -0.546. The Morgan fingerprint density at radius 2 is 2.20 bits per heavy atom. The zero-order valence-electron chi connectivity index (χ0n) is 3.01. The van der Waals surface area contributed by atoms with Gasteiger partial charge in [0.1, 0.15) is 6.17 Å². The lowest BCUT2D eigenvalue weighted by atomic mass is 10.7. The van der Waals surface area contributed by atoms with Crippen LogP contribution >= 0.6 is 0 Å². The Morgan fingerprint density at radius 1 is 2.00 bits per heavy atom. The molecule has 0 heterocycles. The van der Waals surface area contributed by atoms with Crippen LogP contribution in [-0.2, 0) is 0 Å². The van der Waals surface area contributed by atoms with Gasteiger partial charge in [-0.25, -0.2) is 0 Å². The first kappa shape index (κ1) is 4.56. The Labute approximate surface area is 30.1 Å². The minimum atomic E-state index is -0.546. The second-order valence-corrected chi connectivity index (χ2v) is 0.846. The monoisotopic (exact) mass is 74.0 g/mol. The molecular formula is C2H6N2O. The molecule has 0 spiro atoms. The second-order valence-electron chi connectivity index (χ2n) is 0.846. The number of rotatable bonds is 1. The van der Waals surface area contributed by atoms with E-state index in [2.05, 4.69) is 5.18 Å². The normalized spacial score (nSPS) is 14.0. The van der Waals surface area contributed by atoms with Crippen molar-refractivity contribution in [2.45, 2.75) is 13.1 Å². The molecule has 0 aromatic carbocycles. The van der Waals surface area contributed by atoms with E-state index in [1.165, 1.54) is 6.92 Å². The average molecular weight is 74.1 g/mol. The van der Waals surface area contributed by atoms with Gasteiger partial charge in [-0.05, 0) is 6.92 Å². The van der Waals surface area contributed by atoms with Crippen LogP contribution in [0.3, 0.4) is 0 Å². The molecule has 3 heteroatoms. The highest BCUT2D eigenvalue weighted by Crippen LogP contribution is 1.67. The molecule has 5 heavy (non-hydrogen) atoms. The van der Waals surface area contributed by atoms with Crippen molar-refractivity contribution < 1.29 is 0 Å². The maximum Gasteiger partial charge on any atom is 0.137 e. The van der Waals surface area contributed by atoms with E-state index in [0.29, 0.717) is 0 Å². The van der Waals surface area contributed by atoms with Crippen LogP contribution in [0.5, 0.6) is 0 Å². The zero-order chi connectivity index (χ0) is 4.28. The molecule has 0 aromatic heterocycles. The predicted octanol–water partition coefficient (Wildman–Crippen LogP) is 0.0575. The van der Waals surface area contributed by atoms with Crippen molar-refractivity contribution in [2.24, 2.45) is 10.9 Å². The molecule has 0 aliphatic carbocycles. The number of hydrogen-bond acceptors (Lipinski definition) is 3. The van der Waals surface area contributed by atoms with Crippen molar-refractivity contribution in [1.29, 1.82) is 0 Å². The van der Waals surface area contributed by atoms with E-state index in [-0.39, 0.29) is 0 Å². The minimum Gasteiger partial charge on any atom is -0.307 e. The minimum absolute atomic E-state index is 0.546. The van der Waals surface area contributed by atoms with Crippen molar-refractivity contribution in [2.75, 3.05) is 0 Å². The largest absolute Gasteiger partial charge is 0.307 e. The van der Waals surface area contributed by atoms with Crippen molar-refractivity contribution >= 4 is 0 Å². The maximum absolute atomic E-state index is 9.13. The smallest absolute Gasteiger partial charge is 0.137 e. The molecule has 0 bridgehead atoms. The van der Waals surface area contributed by atoms with Gasteiger partial charge in [-0.1, -0.05) is 5.18 Å². The molecule has 0 radical (unpaired) electrons. The van der Waals surface area contributed by atoms with Gasteiger partial charge in [-0.3, -0.25) is 0 Å². The third-order valence-electron chi connectivity index (χ3n) is 0.166. The summed E-state index contributed by atoms with van der Waals surface area (Å²) in [4.78, 5) is 9.13. The highest BCUT2D eigenvalue weighted by atomic mass is 16.3. The van der Waals surface area contributed by atoms with Crippen LogP contribution < -0.4 is 5.73 Å². The van der Waals surface area contributed by atoms with Crippen molar-refractivity contribution in [3.05, 3.63) is 4.91 Å². The summed E-state index contributed by atoms with van der Waals surface area (Å²) in [7, 11) is 0. The maximum atomic E-state index is 9.13. The topological polar surface area (TPSA) is 55.4 Å². The van der Waals surface area contributed by atoms with Crippen LogP contribution in [0.2, 0.25) is 0 Å². The molecule has 1 atom stereocenters. The van der Waals surface area contributed by atoms with Gasteiger partial charge in [0, 0.05) is 0 Å². The van der Waals surface area contributed by atoms with Crippen LogP contribution in [0.1, 0.15) is 6.92 Å². The fourth-order valence-electron chi connectivity index (χ4n) is 0. The number of nitroso groups, excluding NO2 is 1. The predicted molar refractivity (Wildman–Crippen MR) is 19.4 cm³/mol. The summed E-state index contributed by atoms with van der Waals surface area (Å²) >= 11 is 0. The molecular weight excluding hydrogens is 68.0 g/mol. The van der Waals surface area contributed by atoms with Gasteiger partial charge in [0.15, 0.2) is 0 Å². The summed E-state index contributed by atoms with van der Waals surface area (Å²) in [5.74, 6) is 0. The van der Waals surface area contributed by atoms with Gasteiger partial charge >= 0.3 is 0 Å². The Bertz CT molecular complexity index is 34.6. The van der Waals surface area contributed by atoms with Gasteiger partial charge < -0.3 is 5.73 Å². The van der Waals surface area contributed by atoms with Gasteiger partial charge in [0.05, 0.1) is 0 Å². The van der Waals surface area contributed by atoms with Crippen LogP contribution in [0.15, 0.2) is 5.18 Å². The third kappa shape index (κ3) is 3.56. The second kappa shape index (κ2) is 1.84. The van der Waals surface area contributed by atoms with E-state index in [4.69, 9.17) is 10.6 Å². The molecule has 30 valence electrons. The molecule has 0 saturated carbocycles. The molecule has 0 saturated heterocycles. The molecule has 3 nitrogen and oxygen atoms in total. The van der Waals surface area contributed by atoms with Crippen LogP contribution in [0, 0.1) is 4.91 Å². The van der Waals surface area contributed by atoms with Gasteiger partial charge in [-0.2, -0.15) is 0 Å². The lowest BCUT2D eigenvalue weighted by molar-refractivity contribution is 0.785. The standard InChI is InChI=1S/C2H6N2O/c1-2(3)4-5/h2H,3H2,1H3. The fraction of sp³-hybridized carbons (Fsp3) is 1.00. The van der Waals surface area contributed by atoms with Crippen molar-refractivity contribution in [1.82, 2.24) is 0 Å². The van der Waals surface area contributed by atoms with Crippen LogP contribution in [0.4, 0.5) is 0 Å². The number of hydrogen-bond donors (Lipinski definition) is 1. The molecule has 0 aliphatic rings. The summed E-state index contributed by atoms with van der Waals surface area (Å²) in [6.45, 7) is 1.52. The molecule has 0 amide bonds. The number of nitrogens with zero attached hydrogens (tertiary/aromatic N) is 1. The zero-order valence-corrected chi connectivity index (χ0v) is 3.01. The first-order valence-corrected chi connectivity index (χ1v) is 1.35. The van der Waals surface area contributed by atoms with E-state index >= 15 is 0 Å². The van der Waals surface area contributed by atoms with Gasteiger partial charge in [-0.15, -0.1) is 4.91 Å². The van der Waals surface area contributed by atoms with Crippen molar-refractivity contribution in [3.63, 3.8) is 0 Å². The summed E-state index contributed by atoms with van der Waals surface area (Å²) in [6, 6.07) is 0. The molecule has 1 unspecified atom stereocenters. The first-order valence-electron chi connectivity index (χ1n) is 1.35. The Hall–Kier alpha value is -0.440. The summed E-state index contributed by atoms with van der Waals surface area (Å²) in [5.41, 5.74) is 4.81. The molecule has 0 fully saturated rings. The SMILES string of the molecule is CC(N)N=O. The Balaban J connectivity index is 2.83. The van der Waals surface area contributed by atoms with E-state index < -0.39 is 6.17 Å². The van der Waals surface area contributed by atoms with Gasteiger partial charge in [0.25, 0.3) is 0 Å². The van der Waals surface area contributed by atoms with Crippen molar-refractivity contribution in [3.8, 4) is 0 Å². The van der Waals surface area contributed by atoms with E-state index in [9.17, 15) is 0 Å². The lowest BCUT2D eigenvalue weighted by Gasteiger charge is -1.79.